The zero-order chi connectivity index (χ0) is 29.2. The van der Waals surface area contributed by atoms with Crippen LogP contribution in [0.4, 0.5) is 0 Å². The maximum Gasteiger partial charge on any atom is 0.225 e. The molecule has 0 bridgehead atoms. The predicted molar refractivity (Wildman–Crippen MR) is 144 cm³/mol. The predicted octanol–water partition coefficient (Wildman–Crippen LogP) is -2.80. The maximum absolute atomic E-state index is 12.6. The van der Waals surface area contributed by atoms with E-state index in [-0.39, 0.29) is 37.4 Å². The van der Waals surface area contributed by atoms with Crippen molar-refractivity contribution in [2.75, 3.05) is 39.3 Å². The normalized spacial score (nSPS) is 34.7. The van der Waals surface area contributed by atoms with Gasteiger partial charge >= 0.3 is 0 Å². The minimum atomic E-state index is -1.10. The van der Waals surface area contributed by atoms with Gasteiger partial charge in [-0.05, 0) is 57.8 Å². The lowest BCUT2D eigenvalue weighted by Crippen LogP contribution is -2.50. The van der Waals surface area contributed by atoms with Gasteiger partial charge in [0.2, 0.25) is 17.7 Å². The van der Waals surface area contributed by atoms with E-state index in [1.54, 1.807) is 0 Å². The molecule has 0 saturated heterocycles. The van der Waals surface area contributed by atoms with Crippen LogP contribution in [-0.4, -0.2) is 129 Å². The van der Waals surface area contributed by atoms with E-state index in [9.17, 15) is 45.0 Å². The molecule has 0 radical (unpaired) electrons. The van der Waals surface area contributed by atoms with E-state index >= 15 is 0 Å². The van der Waals surface area contributed by atoms with Gasteiger partial charge in [0.25, 0.3) is 0 Å². The van der Waals surface area contributed by atoms with Crippen LogP contribution in [0.5, 0.6) is 0 Å². The lowest BCUT2D eigenvalue weighted by molar-refractivity contribution is -0.135. The highest BCUT2D eigenvalue weighted by Crippen LogP contribution is 2.26. The van der Waals surface area contributed by atoms with Gasteiger partial charge < -0.3 is 46.6 Å². The monoisotopic (exact) mass is 572 g/mol. The van der Waals surface area contributed by atoms with E-state index in [2.05, 4.69) is 16.0 Å². The Morgan fingerprint density at radius 3 is 1.05 bits per heavy atom. The molecular formula is C27H48N4O9. The summed E-state index contributed by atoms with van der Waals surface area (Å²) in [6.07, 6.45) is -1.21. The Bertz CT molecular complexity index is 729. The number of aliphatic hydroxyl groups excluding tert-OH is 6. The molecule has 0 aromatic carbocycles. The molecule has 9 atom stereocenters. The Labute approximate surface area is 235 Å². The van der Waals surface area contributed by atoms with Crippen LogP contribution in [0.15, 0.2) is 0 Å². The summed E-state index contributed by atoms with van der Waals surface area (Å²) >= 11 is 0. The molecule has 3 aliphatic rings. The second kappa shape index (κ2) is 15.9. The lowest BCUT2D eigenvalue weighted by atomic mass is 9.84. The fourth-order valence-corrected chi connectivity index (χ4v) is 6.07. The largest absolute Gasteiger partial charge is 0.390 e. The van der Waals surface area contributed by atoms with Crippen molar-refractivity contribution in [2.45, 2.75) is 94.4 Å². The van der Waals surface area contributed by atoms with Gasteiger partial charge in [-0.1, -0.05) is 0 Å². The number of nitrogens with one attached hydrogen (secondary N) is 3. The summed E-state index contributed by atoms with van der Waals surface area (Å²) in [5, 5.41) is 68.6. The van der Waals surface area contributed by atoms with Crippen LogP contribution < -0.4 is 16.0 Å². The van der Waals surface area contributed by atoms with Crippen molar-refractivity contribution in [3.8, 4) is 0 Å². The second-order valence-electron chi connectivity index (χ2n) is 11.5. The topological polar surface area (TPSA) is 212 Å². The molecule has 0 spiro atoms. The molecule has 40 heavy (non-hydrogen) atoms. The molecule has 0 aromatic heterocycles. The van der Waals surface area contributed by atoms with Crippen LogP contribution in [0, 0.1) is 17.8 Å². The number of rotatable bonds is 12. The zero-order valence-electron chi connectivity index (χ0n) is 23.2. The molecule has 3 aliphatic carbocycles. The first-order valence-corrected chi connectivity index (χ1v) is 14.7. The van der Waals surface area contributed by atoms with Gasteiger partial charge in [-0.3, -0.25) is 19.3 Å². The highest BCUT2D eigenvalue weighted by atomic mass is 16.3. The molecule has 230 valence electrons. The van der Waals surface area contributed by atoms with E-state index in [1.807, 2.05) is 4.90 Å². The van der Waals surface area contributed by atoms with Crippen LogP contribution in [0.3, 0.4) is 0 Å². The first-order valence-electron chi connectivity index (χ1n) is 14.7. The molecule has 0 aromatic rings. The van der Waals surface area contributed by atoms with E-state index in [1.165, 1.54) is 0 Å². The molecule has 3 fully saturated rings. The average molecular weight is 573 g/mol. The summed E-state index contributed by atoms with van der Waals surface area (Å²) in [6, 6.07) is 0. The molecule has 9 N–H and O–H groups in total. The van der Waals surface area contributed by atoms with Gasteiger partial charge in [0.05, 0.1) is 54.4 Å². The second-order valence-corrected chi connectivity index (χ2v) is 11.5. The fourth-order valence-electron chi connectivity index (χ4n) is 6.07. The summed E-state index contributed by atoms with van der Waals surface area (Å²) in [5.74, 6) is -3.02. The van der Waals surface area contributed by atoms with Gasteiger partial charge in [0.15, 0.2) is 0 Å². The number of hydrogen-bond donors (Lipinski definition) is 9. The average Bonchev–Trinajstić information content (AvgIpc) is 2.92. The van der Waals surface area contributed by atoms with Crippen LogP contribution in [0.1, 0.15) is 57.8 Å². The quantitative estimate of drug-likeness (QED) is 0.117. The Morgan fingerprint density at radius 2 is 0.775 bits per heavy atom. The summed E-state index contributed by atoms with van der Waals surface area (Å²) < 4.78 is 0. The lowest BCUT2D eigenvalue weighted by Gasteiger charge is -2.32. The highest BCUT2D eigenvalue weighted by Gasteiger charge is 2.37. The van der Waals surface area contributed by atoms with E-state index in [4.69, 9.17) is 0 Å². The maximum atomic E-state index is 12.6. The third kappa shape index (κ3) is 9.07. The Balaban J connectivity index is 1.48. The van der Waals surface area contributed by atoms with Gasteiger partial charge in [-0.15, -0.1) is 0 Å². The van der Waals surface area contributed by atoms with Gasteiger partial charge in [-0.25, -0.2) is 0 Å². The molecule has 3 saturated carbocycles. The molecule has 13 nitrogen and oxygen atoms in total. The van der Waals surface area contributed by atoms with Crippen molar-refractivity contribution in [1.82, 2.24) is 20.9 Å². The first-order chi connectivity index (χ1) is 19.1. The number of carbonyl (C=O) groups is 3. The molecule has 9 unspecified atom stereocenters. The van der Waals surface area contributed by atoms with Crippen molar-refractivity contribution in [3.63, 3.8) is 0 Å². The molecule has 13 heteroatoms. The van der Waals surface area contributed by atoms with Crippen molar-refractivity contribution < 1.29 is 45.0 Å². The summed E-state index contributed by atoms with van der Waals surface area (Å²) in [4.78, 5) is 39.7. The Kier molecular flexibility index (Phi) is 13.0. The fraction of sp³-hybridized carbons (Fsp3) is 0.889. The van der Waals surface area contributed by atoms with Crippen molar-refractivity contribution in [1.29, 1.82) is 0 Å². The molecule has 0 heterocycles. The van der Waals surface area contributed by atoms with Crippen molar-refractivity contribution in [2.24, 2.45) is 17.8 Å². The number of aliphatic hydroxyl groups is 6. The molecule has 0 aliphatic heterocycles. The Morgan fingerprint density at radius 1 is 0.500 bits per heavy atom. The molecule has 3 amide bonds. The third-order valence-corrected chi connectivity index (χ3v) is 8.66. The smallest absolute Gasteiger partial charge is 0.225 e. The summed E-state index contributed by atoms with van der Waals surface area (Å²) in [7, 11) is 0. The summed E-state index contributed by atoms with van der Waals surface area (Å²) in [6.45, 7) is 1.92. The van der Waals surface area contributed by atoms with Gasteiger partial charge in [0, 0.05) is 39.3 Å². The minimum Gasteiger partial charge on any atom is -0.390 e. The van der Waals surface area contributed by atoms with Gasteiger partial charge in [0.1, 0.15) is 0 Å². The summed E-state index contributed by atoms with van der Waals surface area (Å²) in [5.41, 5.74) is 0. The number of nitrogens with zero attached hydrogens (tertiary/aromatic N) is 1. The molecular weight excluding hydrogens is 524 g/mol. The van der Waals surface area contributed by atoms with E-state index in [0.717, 1.165) is 0 Å². The van der Waals surface area contributed by atoms with Crippen molar-refractivity contribution >= 4 is 17.7 Å². The Hall–Kier alpha value is -1.87. The highest BCUT2D eigenvalue weighted by molar-refractivity contribution is 5.80. The van der Waals surface area contributed by atoms with Crippen LogP contribution in [0.25, 0.3) is 0 Å². The van der Waals surface area contributed by atoms with Crippen LogP contribution >= 0.6 is 0 Å². The minimum absolute atomic E-state index is 0.251. The third-order valence-electron chi connectivity index (χ3n) is 8.66. The first kappa shape index (κ1) is 32.6. The zero-order valence-corrected chi connectivity index (χ0v) is 23.2. The van der Waals surface area contributed by atoms with Crippen LogP contribution in [0.2, 0.25) is 0 Å². The SMILES string of the molecule is O=C(NCCN(CCNC(=O)C1CCCC(O)C1O)CCNC(=O)C1CCCC(O)C1O)C1CCCC(O)C1O. The van der Waals surface area contributed by atoms with E-state index in [0.29, 0.717) is 77.4 Å². The number of carbonyl (C=O) groups excluding carboxylic acids is 3. The van der Waals surface area contributed by atoms with Crippen molar-refractivity contribution in [3.05, 3.63) is 0 Å². The van der Waals surface area contributed by atoms with Crippen LogP contribution in [-0.2, 0) is 14.4 Å². The van der Waals surface area contributed by atoms with Gasteiger partial charge in [-0.2, -0.15) is 0 Å². The number of hydrogen-bond acceptors (Lipinski definition) is 10. The standard InChI is InChI=1S/C27H48N4O9/c32-19-7-1-4-16(22(19)35)25(38)28-10-13-31(14-11-29-26(39)17-5-2-8-20(33)23(17)36)15-12-30-27(40)18-6-3-9-21(34)24(18)37/h16-24,32-37H,1-15H2,(H,28,38)(H,29,39)(H,30,40). The van der Waals surface area contributed by atoms with E-state index < -0.39 is 54.4 Å². The molecule has 3 rings (SSSR count). The number of amides is 3.